The number of likely N-dealkylation sites (tertiary alicyclic amines) is 1. The van der Waals surface area contributed by atoms with Crippen LogP contribution in [0.1, 0.15) is 6.42 Å². The van der Waals surface area contributed by atoms with E-state index < -0.39 is 12.2 Å². The second-order valence-corrected chi connectivity index (χ2v) is 2.75. The lowest BCUT2D eigenvalue weighted by Gasteiger charge is -2.31. The first-order valence-electron chi connectivity index (χ1n) is 3.53. The van der Waals surface area contributed by atoms with E-state index in [1.54, 1.807) is 0 Å². The van der Waals surface area contributed by atoms with Crippen molar-refractivity contribution in [2.75, 3.05) is 13.1 Å². The summed E-state index contributed by atoms with van der Waals surface area (Å²) in [6.45, 7) is 0.560. The summed E-state index contributed by atoms with van der Waals surface area (Å²) in [5.41, 5.74) is 5.47. The summed E-state index contributed by atoms with van der Waals surface area (Å²) in [6.07, 6.45) is -1.16. The van der Waals surface area contributed by atoms with Crippen LogP contribution in [0.2, 0.25) is 0 Å². The largest absolute Gasteiger partial charge is 0.465 e. The Morgan fingerprint density at radius 1 is 1.64 bits per heavy atom. The van der Waals surface area contributed by atoms with Gasteiger partial charge in [-0.25, -0.2) is 4.79 Å². The van der Waals surface area contributed by atoms with Crippen LogP contribution >= 0.6 is 0 Å². The van der Waals surface area contributed by atoms with Crippen LogP contribution in [0.3, 0.4) is 0 Å². The lowest BCUT2D eigenvalue weighted by atomic mass is 10.0. The van der Waals surface area contributed by atoms with Crippen molar-refractivity contribution in [3.05, 3.63) is 0 Å². The van der Waals surface area contributed by atoms with Crippen molar-refractivity contribution in [2.45, 2.75) is 18.6 Å². The highest BCUT2D eigenvalue weighted by Crippen LogP contribution is 2.08. The van der Waals surface area contributed by atoms with Crippen molar-refractivity contribution in [1.29, 1.82) is 0 Å². The summed E-state index contributed by atoms with van der Waals surface area (Å²) in [5, 5.41) is 17.7. The van der Waals surface area contributed by atoms with E-state index in [2.05, 4.69) is 0 Å². The maximum absolute atomic E-state index is 10.4. The predicted molar refractivity (Wildman–Crippen MR) is 38.2 cm³/mol. The van der Waals surface area contributed by atoms with Crippen molar-refractivity contribution in [1.82, 2.24) is 4.90 Å². The van der Waals surface area contributed by atoms with Gasteiger partial charge in [0.1, 0.15) is 0 Å². The third-order valence-corrected chi connectivity index (χ3v) is 1.90. The van der Waals surface area contributed by atoms with Crippen LogP contribution in [0.25, 0.3) is 0 Å². The number of aliphatic hydroxyl groups is 1. The molecular weight excluding hydrogens is 148 g/mol. The van der Waals surface area contributed by atoms with E-state index in [-0.39, 0.29) is 12.6 Å². The molecule has 0 bridgehead atoms. The van der Waals surface area contributed by atoms with Crippen LogP contribution in [0.4, 0.5) is 4.79 Å². The summed E-state index contributed by atoms with van der Waals surface area (Å²) in [5.74, 6) is 0. The van der Waals surface area contributed by atoms with Crippen molar-refractivity contribution >= 4 is 6.09 Å². The zero-order valence-electron chi connectivity index (χ0n) is 6.10. The average Bonchev–Trinajstić information content (AvgIpc) is 1.94. The number of piperidine rings is 1. The molecule has 1 aliphatic rings. The van der Waals surface area contributed by atoms with E-state index in [1.807, 2.05) is 0 Å². The minimum atomic E-state index is -0.990. The fourth-order valence-electron chi connectivity index (χ4n) is 1.12. The van der Waals surface area contributed by atoms with Crippen molar-refractivity contribution < 1.29 is 15.0 Å². The van der Waals surface area contributed by atoms with Crippen LogP contribution in [0.5, 0.6) is 0 Å². The summed E-state index contributed by atoms with van der Waals surface area (Å²) in [6, 6.07) is -0.273. The third kappa shape index (κ3) is 1.81. The van der Waals surface area contributed by atoms with Gasteiger partial charge in [0.2, 0.25) is 0 Å². The molecule has 4 N–H and O–H groups in total. The van der Waals surface area contributed by atoms with Crippen molar-refractivity contribution in [3.63, 3.8) is 0 Å². The molecule has 64 valence electrons. The molecule has 0 radical (unpaired) electrons. The average molecular weight is 160 g/mol. The Morgan fingerprint density at radius 3 is 2.73 bits per heavy atom. The summed E-state index contributed by atoms with van der Waals surface area (Å²) in [4.78, 5) is 11.6. The second-order valence-electron chi connectivity index (χ2n) is 2.75. The van der Waals surface area contributed by atoms with Gasteiger partial charge in [0.25, 0.3) is 0 Å². The molecule has 0 aliphatic carbocycles. The number of hydrogen-bond donors (Lipinski definition) is 3. The maximum atomic E-state index is 10.4. The lowest BCUT2D eigenvalue weighted by molar-refractivity contribution is 0.0523. The Morgan fingerprint density at radius 2 is 2.27 bits per heavy atom. The first-order chi connectivity index (χ1) is 5.11. The molecule has 1 heterocycles. The monoisotopic (exact) mass is 160 g/mol. The van der Waals surface area contributed by atoms with E-state index in [0.29, 0.717) is 13.0 Å². The Kier molecular flexibility index (Phi) is 2.31. The molecule has 5 heteroatoms. The van der Waals surface area contributed by atoms with Gasteiger partial charge >= 0.3 is 6.09 Å². The fraction of sp³-hybridized carbons (Fsp3) is 0.833. The van der Waals surface area contributed by atoms with Crippen molar-refractivity contribution in [3.8, 4) is 0 Å². The van der Waals surface area contributed by atoms with Gasteiger partial charge in [-0.2, -0.15) is 0 Å². The molecule has 0 aromatic heterocycles. The van der Waals surface area contributed by atoms with E-state index in [0.717, 1.165) is 0 Å². The molecule has 0 spiro atoms. The van der Waals surface area contributed by atoms with Gasteiger partial charge in [0, 0.05) is 12.6 Å². The van der Waals surface area contributed by atoms with Crippen molar-refractivity contribution in [2.24, 2.45) is 5.73 Å². The highest BCUT2D eigenvalue weighted by molar-refractivity contribution is 5.65. The highest BCUT2D eigenvalue weighted by atomic mass is 16.4. The normalized spacial score (nSPS) is 32.0. The SMILES string of the molecule is N[C@@H]1CCN(C(=O)O)CC1O. The van der Waals surface area contributed by atoms with E-state index in [9.17, 15) is 4.79 Å². The molecule has 1 fully saturated rings. The first kappa shape index (κ1) is 8.29. The highest BCUT2D eigenvalue weighted by Gasteiger charge is 2.26. The van der Waals surface area contributed by atoms with Gasteiger partial charge in [-0.3, -0.25) is 0 Å². The number of carbonyl (C=O) groups is 1. The zero-order chi connectivity index (χ0) is 8.43. The van der Waals surface area contributed by atoms with Crippen LogP contribution in [0, 0.1) is 0 Å². The smallest absolute Gasteiger partial charge is 0.407 e. The maximum Gasteiger partial charge on any atom is 0.407 e. The van der Waals surface area contributed by atoms with Gasteiger partial charge in [-0.1, -0.05) is 0 Å². The summed E-state index contributed by atoms with van der Waals surface area (Å²) in [7, 11) is 0. The zero-order valence-corrected chi connectivity index (χ0v) is 6.10. The van der Waals surface area contributed by atoms with Gasteiger partial charge < -0.3 is 20.8 Å². The number of nitrogens with two attached hydrogens (primary N) is 1. The Labute approximate surface area is 64.4 Å². The first-order valence-corrected chi connectivity index (χ1v) is 3.53. The summed E-state index contributed by atoms with van der Waals surface area (Å²) < 4.78 is 0. The number of aliphatic hydroxyl groups excluding tert-OH is 1. The van der Waals surface area contributed by atoms with Gasteiger partial charge in [-0.05, 0) is 6.42 Å². The third-order valence-electron chi connectivity index (χ3n) is 1.90. The molecule has 1 saturated heterocycles. The quantitative estimate of drug-likeness (QED) is 0.426. The van der Waals surface area contributed by atoms with Crippen LogP contribution in [-0.4, -0.2) is 46.4 Å². The van der Waals surface area contributed by atoms with Crippen LogP contribution < -0.4 is 5.73 Å². The number of hydrogen-bond acceptors (Lipinski definition) is 3. The molecule has 2 atom stereocenters. The number of β-amino-alcohol motifs (C(OH)–C–C–N with tert-alkyl or cyclic N) is 1. The number of rotatable bonds is 0. The van der Waals surface area contributed by atoms with E-state index in [1.165, 1.54) is 4.90 Å². The van der Waals surface area contributed by atoms with E-state index in [4.69, 9.17) is 15.9 Å². The minimum Gasteiger partial charge on any atom is -0.465 e. The fourth-order valence-corrected chi connectivity index (χ4v) is 1.12. The summed E-state index contributed by atoms with van der Waals surface area (Å²) >= 11 is 0. The van der Waals surface area contributed by atoms with Gasteiger partial charge in [0.05, 0.1) is 12.6 Å². The standard InChI is InChI=1S/C6H12N2O3/c7-4-1-2-8(6(10)11)3-5(4)9/h4-5,9H,1-3,7H2,(H,10,11)/t4-,5?/m1/s1. The predicted octanol–water partition coefficient (Wildman–Crippen LogP) is -0.942. The molecule has 1 aliphatic heterocycles. The molecule has 1 amide bonds. The Hall–Kier alpha value is -0.810. The number of amides is 1. The lowest BCUT2D eigenvalue weighted by Crippen LogP contribution is -2.51. The Balaban J connectivity index is 2.46. The van der Waals surface area contributed by atoms with Gasteiger partial charge in [-0.15, -0.1) is 0 Å². The van der Waals surface area contributed by atoms with E-state index >= 15 is 0 Å². The molecule has 11 heavy (non-hydrogen) atoms. The number of nitrogens with zero attached hydrogens (tertiary/aromatic N) is 1. The molecule has 0 aromatic rings. The molecular formula is C6H12N2O3. The number of carboxylic acid groups (broad SMARTS) is 1. The van der Waals surface area contributed by atoms with Crippen LogP contribution in [-0.2, 0) is 0 Å². The molecule has 5 nitrogen and oxygen atoms in total. The topological polar surface area (TPSA) is 86.8 Å². The Bertz CT molecular complexity index is 162. The molecule has 1 rings (SSSR count). The van der Waals surface area contributed by atoms with Crippen LogP contribution in [0.15, 0.2) is 0 Å². The van der Waals surface area contributed by atoms with Gasteiger partial charge in [0.15, 0.2) is 0 Å². The molecule has 1 unspecified atom stereocenters. The molecule has 0 saturated carbocycles. The second kappa shape index (κ2) is 3.06. The molecule has 0 aromatic carbocycles. The minimum absolute atomic E-state index is 0.135.